The summed E-state index contributed by atoms with van der Waals surface area (Å²) >= 11 is 0. The number of nitrogens with zero attached hydrogens (tertiary/aromatic N) is 1. The smallest absolute Gasteiger partial charge is 0.257 e. The highest BCUT2D eigenvalue weighted by atomic mass is 16.5. The standard InChI is InChI=1S/C12H17NO3/c1-3-13(8-9-14)12(15)10-6-4-5-7-11(10)16-2/h4-7,14H,3,8-9H2,1-2H3. The first-order chi connectivity index (χ1) is 7.74. The monoisotopic (exact) mass is 223 g/mol. The second-order valence-electron chi connectivity index (χ2n) is 3.31. The molecule has 16 heavy (non-hydrogen) atoms. The van der Waals surface area contributed by atoms with E-state index in [2.05, 4.69) is 0 Å². The summed E-state index contributed by atoms with van der Waals surface area (Å²) in [6, 6.07) is 7.09. The van der Waals surface area contributed by atoms with E-state index in [1.807, 2.05) is 13.0 Å². The third-order valence-electron chi connectivity index (χ3n) is 2.38. The number of amides is 1. The van der Waals surface area contributed by atoms with Crippen LogP contribution in [0.15, 0.2) is 24.3 Å². The summed E-state index contributed by atoms with van der Waals surface area (Å²) in [5.41, 5.74) is 0.528. The molecule has 0 saturated carbocycles. The van der Waals surface area contributed by atoms with Gasteiger partial charge in [-0.3, -0.25) is 4.79 Å². The van der Waals surface area contributed by atoms with Crippen molar-refractivity contribution in [1.82, 2.24) is 4.90 Å². The molecule has 1 rings (SSSR count). The van der Waals surface area contributed by atoms with Gasteiger partial charge in [-0.05, 0) is 19.1 Å². The first-order valence-electron chi connectivity index (χ1n) is 5.27. The second-order valence-corrected chi connectivity index (χ2v) is 3.31. The number of carbonyl (C=O) groups excluding carboxylic acids is 1. The van der Waals surface area contributed by atoms with Crippen LogP contribution >= 0.6 is 0 Å². The molecule has 0 heterocycles. The fraction of sp³-hybridized carbons (Fsp3) is 0.417. The van der Waals surface area contributed by atoms with E-state index < -0.39 is 0 Å². The average Bonchev–Trinajstić information content (AvgIpc) is 2.35. The van der Waals surface area contributed by atoms with E-state index in [1.165, 1.54) is 7.11 Å². The van der Waals surface area contributed by atoms with Gasteiger partial charge in [0, 0.05) is 13.1 Å². The predicted octanol–water partition coefficient (Wildman–Crippen LogP) is 1.15. The molecule has 1 aromatic rings. The lowest BCUT2D eigenvalue weighted by molar-refractivity contribution is 0.0728. The Morgan fingerprint density at radius 2 is 2.12 bits per heavy atom. The number of benzene rings is 1. The molecule has 0 radical (unpaired) electrons. The molecular formula is C12H17NO3. The predicted molar refractivity (Wildman–Crippen MR) is 61.7 cm³/mol. The van der Waals surface area contributed by atoms with E-state index in [0.717, 1.165) is 0 Å². The van der Waals surface area contributed by atoms with Crippen molar-refractivity contribution in [2.45, 2.75) is 6.92 Å². The van der Waals surface area contributed by atoms with Crippen molar-refractivity contribution in [2.75, 3.05) is 26.8 Å². The number of aliphatic hydroxyl groups is 1. The molecule has 0 fully saturated rings. The Hall–Kier alpha value is -1.55. The van der Waals surface area contributed by atoms with E-state index in [0.29, 0.717) is 24.4 Å². The van der Waals surface area contributed by atoms with Crippen LogP contribution in [0.25, 0.3) is 0 Å². The second kappa shape index (κ2) is 6.12. The van der Waals surface area contributed by atoms with Crippen LogP contribution in [-0.2, 0) is 0 Å². The van der Waals surface area contributed by atoms with E-state index in [4.69, 9.17) is 9.84 Å². The molecular weight excluding hydrogens is 206 g/mol. The zero-order valence-corrected chi connectivity index (χ0v) is 9.64. The lowest BCUT2D eigenvalue weighted by Crippen LogP contribution is -2.33. The van der Waals surface area contributed by atoms with Crippen LogP contribution in [-0.4, -0.2) is 42.7 Å². The number of aliphatic hydroxyl groups excluding tert-OH is 1. The lowest BCUT2D eigenvalue weighted by Gasteiger charge is -2.20. The molecule has 1 aromatic carbocycles. The van der Waals surface area contributed by atoms with Crippen LogP contribution < -0.4 is 4.74 Å². The van der Waals surface area contributed by atoms with E-state index in [9.17, 15) is 4.79 Å². The molecule has 0 aromatic heterocycles. The maximum atomic E-state index is 12.1. The van der Waals surface area contributed by atoms with E-state index in [-0.39, 0.29) is 12.5 Å². The highest BCUT2D eigenvalue weighted by Gasteiger charge is 2.17. The molecule has 0 aliphatic carbocycles. The van der Waals surface area contributed by atoms with Crippen molar-refractivity contribution in [3.8, 4) is 5.75 Å². The van der Waals surface area contributed by atoms with Crippen molar-refractivity contribution in [2.24, 2.45) is 0 Å². The third-order valence-corrected chi connectivity index (χ3v) is 2.38. The summed E-state index contributed by atoms with van der Waals surface area (Å²) in [5, 5.41) is 8.86. The molecule has 0 unspecified atom stereocenters. The Balaban J connectivity index is 2.93. The van der Waals surface area contributed by atoms with Gasteiger partial charge in [0.25, 0.3) is 5.91 Å². The normalized spacial score (nSPS) is 9.94. The van der Waals surface area contributed by atoms with Crippen LogP contribution in [0.4, 0.5) is 0 Å². The Kier molecular flexibility index (Phi) is 4.79. The minimum Gasteiger partial charge on any atom is -0.496 e. The summed E-state index contributed by atoms with van der Waals surface area (Å²) in [6.45, 7) is 2.75. The van der Waals surface area contributed by atoms with Crippen molar-refractivity contribution >= 4 is 5.91 Å². The first-order valence-corrected chi connectivity index (χ1v) is 5.27. The summed E-state index contributed by atoms with van der Waals surface area (Å²) in [6.07, 6.45) is 0. The van der Waals surface area contributed by atoms with Crippen LogP contribution in [0.1, 0.15) is 17.3 Å². The fourth-order valence-corrected chi connectivity index (χ4v) is 1.52. The van der Waals surface area contributed by atoms with Crippen LogP contribution in [0.5, 0.6) is 5.75 Å². The molecule has 0 spiro atoms. The SMILES string of the molecule is CCN(CCO)C(=O)c1ccccc1OC. The molecule has 0 aliphatic heterocycles. The zero-order valence-electron chi connectivity index (χ0n) is 9.64. The maximum Gasteiger partial charge on any atom is 0.257 e. The average molecular weight is 223 g/mol. The number of methoxy groups -OCH3 is 1. The van der Waals surface area contributed by atoms with Gasteiger partial charge in [-0.15, -0.1) is 0 Å². The Bertz CT molecular complexity index is 352. The fourth-order valence-electron chi connectivity index (χ4n) is 1.52. The van der Waals surface area contributed by atoms with Crippen molar-refractivity contribution in [3.05, 3.63) is 29.8 Å². The Labute approximate surface area is 95.5 Å². The molecule has 0 saturated heterocycles. The van der Waals surface area contributed by atoms with Crippen molar-refractivity contribution in [1.29, 1.82) is 0 Å². The number of carbonyl (C=O) groups is 1. The molecule has 0 atom stereocenters. The van der Waals surface area contributed by atoms with Gasteiger partial charge in [0.2, 0.25) is 0 Å². The van der Waals surface area contributed by atoms with Crippen molar-refractivity contribution < 1.29 is 14.6 Å². The Morgan fingerprint density at radius 3 is 2.69 bits per heavy atom. The molecule has 0 bridgehead atoms. The molecule has 88 valence electrons. The minimum absolute atomic E-state index is 0.0330. The summed E-state index contributed by atoms with van der Waals surface area (Å²) in [4.78, 5) is 13.7. The topological polar surface area (TPSA) is 49.8 Å². The summed E-state index contributed by atoms with van der Waals surface area (Å²) < 4.78 is 5.13. The van der Waals surface area contributed by atoms with E-state index >= 15 is 0 Å². The number of hydrogen-bond acceptors (Lipinski definition) is 3. The molecule has 4 heteroatoms. The maximum absolute atomic E-state index is 12.1. The largest absolute Gasteiger partial charge is 0.496 e. The zero-order chi connectivity index (χ0) is 12.0. The molecule has 4 nitrogen and oxygen atoms in total. The van der Waals surface area contributed by atoms with Crippen LogP contribution in [0, 0.1) is 0 Å². The number of hydrogen-bond donors (Lipinski definition) is 1. The molecule has 0 aliphatic rings. The van der Waals surface area contributed by atoms with Crippen molar-refractivity contribution in [3.63, 3.8) is 0 Å². The molecule has 1 N–H and O–H groups in total. The first kappa shape index (κ1) is 12.5. The van der Waals surface area contributed by atoms with Gasteiger partial charge in [0.15, 0.2) is 0 Å². The number of likely N-dealkylation sites (N-methyl/N-ethyl adjacent to an activating group) is 1. The number of ether oxygens (including phenoxy) is 1. The third kappa shape index (κ3) is 2.73. The summed E-state index contributed by atoms with van der Waals surface area (Å²) in [7, 11) is 1.54. The lowest BCUT2D eigenvalue weighted by atomic mass is 10.1. The van der Waals surface area contributed by atoms with Gasteiger partial charge in [-0.25, -0.2) is 0 Å². The van der Waals surface area contributed by atoms with E-state index in [1.54, 1.807) is 23.1 Å². The highest BCUT2D eigenvalue weighted by Crippen LogP contribution is 2.18. The number of para-hydroxylation sites is 1. The van der Waals surface area contributed by atoms with Crippen LogP contribution in [0.3, 0.4) is 0 Å². The quantitative estimate of drug-likeness (QED) is 0.814. The number of rotatable bonds is 5. The van der Waals surface area contributed by atoms with Gasteiger partial charge in [0.1, 0.15) is 5.75 Å². The minimum atomic E-state index is -0.117. The highest BCUT2D eigenvalue weighted by molar-refractivity contribution is 5.96. The summed E-state index contributed by atoms with van der Waals surface area (Å²) in [5.74, 6) is 0.442. The Morgan fingerprint density at radius 1 is 1.44 bits per heavy atom. The van der Waals surface area contributed by atoms with Gasteiger partial charge >= 0.3 is 0 Å². The van der Waals surface area contributed by atoms with Crippen LogP contribution in [0.2, 0.25) is 0 Å². The van der Waals surface area contributed by atoms with Gasteiger partial charge in [-0.1, -0.05) is 12.1 Å². The van der Waals surface area contributed by atoms with Gasteiger partial charge in [0.05, 0.1) is 19.3 Å². The van der Waals surface area contributed by atoms with Gasteiger partial charge in [-0.2, -0.15) is 0 Å². The van der Waals surface area contributed by atoms with Gasteiger partial charge < -0.3 is 14.7 Å². The molecule has 1 amide bonds.